The van der Waals surface area contributed by atoms with Crippen LogP contribution in [0.2, 0.25) is 0 Å². The monoisotopic (exact) mass is 338 g/mol. The van der Waals surface area contributed by atoms with E-state index in [-0.39, 0.29) is 5.41 Å². The summed E-state index contributed by atoms with van der Waals surface area (Å²) in [4.78, 5) is 0. The maximum atomic E-state index is 6.61. The molecule has 0 N–H and O–H groups in total. The molecule has 1 nitrogen and oxygen atoms in total. The third kappa shape index (κ3) is 1.97. The first-order valence-electron chi connectivity index (χ1n) is 9.22. The molecule has 0 saturated carbocycles. The van der Waals surface area contributed by atoms with Crippen LogP contribution in [0.4, 0.5) is 0 Å². The van der Waals surface area contributed by atoms with Gasteiger partial charge in [0, 0.05) is 21.7 Å². The van der Waals surface area contributed by atoms with Gasteiger partial charge >= 0.3 is 0 Å². The SMILES string of the molecule is Cc1ccc2c(oc3c4ccccc4c4ccccc4c23)c1C(C)(C)C. The van der Waals surface area contributed by atoms with Gasteiger partial charge in [-0.25, -0.2) is 0 Å². The second-order valence-electron chi connectivity index (χ2n) is 8.28. The highest BCUT2D eigenvalue weighted by molar-refractivity contribution is 6.30. The first-order chi connectivity index (χ1) is 12.5. The Kier molecular flexibility index (Phi) is 3.04. The zero-order valence-corrected chi connectivity index (χ0v) is 15.7. The number of aryl methyl sites for hydroxylation is 1. The quantitative estimate of drug-likeness (QED) is 0.266. The smallest absolute Gasteiger partial charge is 0.143 e. The summed E-state index contributed by atoms with van der Waals surface area (Å²) < 4.78 is 6.61. The second kappa shape index (κ2) is 5.11. The van der Waals surface area contributed by atoms with Gasteiger partial charge in [-0.15, -0.1) is 0 Å². The molecule has 0 atom stereocenters. The Hall–Kier alpha value is -2.80. The van der Waals surface area contributed by atoms with E-state index >= 15 is 0 Å². The minimum Gasteiger partial charge on any atom is -0.455 e. The van der Waals surface area contributed by atoms with Gasteiger partial charge in [0.15, 0.2) is 0 Å². The topological polar surface area (TPSA) is 13.1 Å². The molecular formula is C25H22O. The number of rotatable bonds is 0. The summed E-state index contributed by atoms with van der Waals surface area (Å²) >= 11 is 0. The van der Waals surface area contributed by atoms with Gasteiger partial charge in [-0.2, -0.15) is 0 Å². The molecule has 1 aromatic heterocycles. The van der Waals surface area contributed by atoms with Gasteiger partial charge in [-0.1, -0.05) is 81.4 Å². The highest BCUT2D eigenvalue weighted by Gasteiger charge is 2.24. The van der Waals surface area contributed by atoms with Crippen molar-refractivity contribution in [1.29, 1.82) is 0 Å². The van der Waals surface area contributed by atoms with Crippen molar-refractivity contribution in [3.63, 3.8) is 0 Å². The molecule has 0 aliphatic rings. The fourth-order valence-corrected chi connectivity index (χ4v) is 4.50. The van der Waals surface area contributed by atoms with E-state index in [0.717, 1.165) is 11.2 Å². The van der Waals surface area contributed by atoms with E-state index in [1.54, 1.807) is 0 Å². The summed E-state index contributed by atoms with van der Waals surface area (Å²) in [6, 6.07) is 21.7. The van der Waals surface area contributed by atoms with Crippen molar-refractivity contribution < 1.29 is 4.42 Å². The van der Waals surface area contributed by atoms with E-state index < -0.39 is 0 Å². The Bertz CT molecular complexity index is 1310. The van der Waals surface area contributed by atoms with E-state index in [1.807, 2.05) is 0 Å². The lowest BCUT2D eigenvalue weighted by Gasteiger charge is -2.21. The van der Waals surface area contributed by atoms with Crippen LogP contribution in [0.3, 0.4) is 0 Å². The van der Waals surface area contributed by atoms with E-state index in [1.165, 1.54) is 43.4 Å². The van der Waals surface area contributed by atoms with Crippen LogP contribution in [0.1, 0.15) is 31.9 Å². The first kappa shape index (κ1) is 15.5. The maximum absolute atomic E-state index is 6.61. The highest BCUT2D eigenvalue weighted by Crippen LogP contribution is 2.44. The van der Waals surface area contributed by atoms with Gasteiger partial charge in [-0.05, 0) is 34.1 Å². The summed E-state index contributed by atoms with van der Waals surface area (Å²) in [5.74, 6) is 0. The molecule has 5 aromatic rings. The molecule has 0 unspecified atom stereocenters. The summed E-state index contributed by atoms with van der Waals surface area (Å²) in [6.45, 7) is 8.97. The first-order valence-corrected chi connectivity index (χ1v) is 9.22. The number of hydrogen-bond donors (Lipinski definition) is 0. The molecule has 0 aliphatic carbocycles. The van der Waals surface area contributed by atoms with Gasteiger partial charge < -0.3 is 4.42 Å². The Morgan fingerprint density at radius 3 is 1.85 bits per heavy atom. The fourth-order valence-electron chi connectivity index (χ4n) is 4.50. The van der Waals surface area contributed by atoms with Crippen molar-refractivity contribution >= 4 is 43.5 Å². The predicted octanol–water partition coefficient (Wildman–Crippen LogP) is 7.50. The Morgan fingerprint density at radius 1 is 0.615 bits per heavy atom. The third-order valence-corrected chi connectivity index (χ3v) is 5.47. The normalized spacial score (nSPS) is 12.6. The zero-order chi connectivity index (χ0) is 18.1. The minimum absolute atomic E-state index is 0.0308. The van der Waals surface area contributed by atoms with Crippen LogP contribution in [-0.4, -0.2) is 0 Å². The van der Waals surface area contributed by atoms with Gasteiger partial charge in [0.25, 0.3) is 0 Å². The predicted molar refractivity (Wildman–Crippen MR) is 112 cm³/mol. The van der Waals surface area contributed by atoms with Crippen LogP contribution >= 0.6 is 0 Å². The Morgan fingerprint density at radius 2 is 1.19 bits per heavy atom. The van der Waals surface area contributed by atoms with E-state index in [2.05, 4.69) is 88.4 Å². The van der Waals surface area contributed by atoms with Crippen LogP contribution in [0, 0.1) is 6.92 Å². The lowest BCUT2D eigenvalue weighted by Crippen LogP contribution is -2.13. The number of benzene rings is 4. The standard InChI is InChI=1S/C25H22O/c1-15-13-14-20-21-18-11-7-5-9-16(18)17-10-6-8-12-19(17)23(21)26-24(20)22(15)25(2,3)4/h5-14H,1-4H3. The summed E-state index contributed by atoms with van der Waals surface area (Å²) in [7, 11) is 0. The van der Waals surface area contributed by atoms with E-state index in [0.29, 0.717) is 0 Å². The molecule has 1 heterocycles. The van der Waals surface area contributed by atoms with Crippen molar-refractivity contribution in [2.24, 2.45) is 0 Å². The number of furan rings is 1. The van der Waals surface area contributed by atoms with Gasteiger partial charge in [0.05, 0.1) is 0 Å². The summed E-state index contributed by atoms with van der Waals surface area (Å²) in [6.07, 6.45) is 0. The number of hydrogen-bond acceptors (Lipinski definition) is 1. The molecule has 0 fully saturated rings. The second-order valence-corrected chi connectivity index (χ2v) is 8.28. The average molecular weight is 338 g/mol. The van der Waals surface area contributed by atoms with E-state index in [4.69, 9.17) is 4.42 Å². The molecule has 0 bridgehead atoms. The number of fused-ring (bicyclic) bond motifs is 8. The maximum Gasteiger partial charge on any atom is 0.143 e. The molecule has 1 heteroatoms. The van der Waals surface area contributed by atoms with E-state index in [9.17, 15) is 0 Å². The van der Waals surface area contributed by atoms with Crippen LogP contribution < -0.4 is 0 Å². The van der Waals surface area contributed by atoms with Crippen LogP contribution in [0.25, 0.3) is 43.5 Å². The fraction of sp³-hybridized carbons (Fsp3) is 0.200. The van der Waals surface area contributed by atoms with Crippen molar-refractivity contribution in [2.45, 2.75) is 33.1 Å². The highest BCUT2D eigenvalue weighted by atomic mass is 16.3. The lowest BCUT2D eigenvalue weighted by molar-refractivity contribution is 0.570. The Balaban J connectivity index is 2.14. The zero-order valence-electron chi connectivity index (χ0n) is 15.7. The molecule has 128 valence electrons. The van der Waals surface area contributed by atoms with Crippen LogP contribution in [-0.2, 0) is 5.41 Å². The van der Waals surface area contributed by atoms with Crippen molar-refractivity contribution in [2.75, 3.05) is 0 Å². The van der Waals surface area contributed by atoms with Crippen molar-refractivity contribution in [1.82, 2.24) is 0 Å². The molecule has 0 saturated heterocycles. The van der Waals surface area contributed by atoms with Gasteiger partial charge in [-0.3, -0.25) is 0 Å². The molecular weight excluding hydrogens is 316 g/mol. The van der Waals surface area contributed by atoms with Gasteiger partial charge in [0.2, 0.25) is 0 Å². The molecule has 0 aliphatic heterocycles. The summed E-state index contributed by atoms with van der Waals surface area (Å²) in [5.41, 5.74) is 4.67. The minimum atomic E-state index is 0.0308. The molecule has 0 radical (unpaired) electrons. The van der Waals surface area contributed by atoms with Gasteiger partial charge in [0.1, 0.15) is 11.2 Å². The summed E-state index contributed by atoms with van der Waals surface area (Å²) in [5, 5.41) is 7.45. The molecule has 0 amide bonds. The molecule has 0 spiro atoms. The Labute approximate surface area is 153 Å². The van der Waals surface area contributed by atoms with Crippen LogP contribution in [0.5, 0.6) is 0 Å². The molecule has 26 heavy (non-hydrogen) atoms. The lowest BCUT2D eigenvalue weighted by atomic mass is 9.83. The van der Waals surface area contributed by atoms with Crippen molar-refractivity contribution in [3.05, 3.63) is 71.8 Å². The third-order valence-electron chi connectivity index (χ3n) is 5.47. The van der Waals surface area contributed by atoms with Crippen LogP contribution in [0.15, 0.2) is 65.1 Å². The van der Waals surface area contributed by atoms with Crippen molar-refractivity contribution in [3.8, 4) is 0 Å². The molecule has 5 rings (SSSR count). The molecule has 4 aromatic carbocycles. The largest absolute Gasteiger partial charge is 0.455 e. The average Bonchev–Trinajstić information content (AvgIpc) is 3.00.